The maximum absolute atomic E-state index is 13.7. The summed E-state index contributed by atoms with van der Waals surface area (Å²) < 4.78 is 28.3. The molecule has 2 amide bonds. The molecule has 0 aliphatic heterocycles. The average molecular weight is 603 g/mol. The molecule has 0 heterocycles. The van der Waals surface area contributed by atoms with Crippen LogP contribution >= 0.6 is 46.4 Å². The van der Waals surface area contributed by atoms with Crippen LogP contribution in [0, 0.1) is 0 Å². The van der Waals surface area contributed by atoms with E-state index in [1.54, 1.807) is 37.3 Å². The van der Waals surface area contributed by atoms with E-state index in [-0.39, 0.29) is 27.2 Å². The third-order valence-corrected chi connectivity index (χ3v) is 8.54. The molecule has 3 aromatic carbocycles. The first-order chi connectivity index (χ1) is 17.4. The number of carbonyl (C=O) groups excluding carboxylic acids is 2. The highest BCUT2D eigenvalue weighted by molar-refractivity contribution is 7.92. The fourth-order valence-corrected chi connectivity index (χ4v) is 5.56. The fraction of sp³-hybridized carbons (Fsp3) is 0.200. The number of nitrogens with one attached hydrogen (secondary N) is 1. The molecule has 0 radical (unpaired) electrons. The SMILES string of the molecule is CNC(=O)C(C)N(Cc1ccc(Cl)c(Cl)c1)C(=O)CN(c1cccc(Cl)c1)S(=O)(=O)c1ccc(Cl)cc1. The summed E-state index contributed by atoms with van der Waals surface area (Å²) in [7, 11) is -2.78. The van der Waals surface area contributed by atoms with Gasteiger partial charge in [-0.15, -0.1) is 0 Å². The van der Waals surface area contributed by atoms with Crippen molar-refractivity contribution in [3.05, 3.63) is 92.4 Å². The molecule has 12 heteroatoms. The van der Waals surface area contributed by atoms with E-state index in [1.807, 2.05) is 0 Å². The number of rotatable bonds is 9. The van der Waals surface area contributed by atoms with Crippen LogP contribution in [-0.4, -0.2) is 44.8 Å². The summed E-state index contributed by atoms with van der Waals surface area (Å²) >= 11 is 24.2. The molecule has 3 rings (SSSR count). The van der Waals surface area contributed by atoms with Gasteiger partial charge < -0.3 is 10.2 Å². The van der Waals surface area contributed by atoms with E-state index < -0.39 is 34.4 Å². The zero-order chi connectivity index (χ0) is 27.3. The highest BCUT2D eigenvalue weighted by Crippen LogP contribution is 2.28. The molecular formula is C25H23Cl4N3O4S. The number of benzene rings is 3. The molecule has 0 bridgehead atoms. The summed E-state index contributed by atoms with van der Waals surface area (Å²) in [6.07, 6.45) is 0. The summed E-state index contributed by atoms with van der Waals surface area (Å²) in [6, 6.07) is 15.6. The van der Waals surface area contributed by atoms with Gasteiger partial charge in [0.1, 0.15) is 12.6 Å². The normalized spacial score (nSPS) is 12.1. The molecule has 0 aromatic heterocycles. The van der Waals surface area contributed by atoms with Gasteiger partial charge in [0.2, 0.25) is 11.8 Å². The highest BCUT2D eigenvalue weighted by atomic mass is 35.5. The van der Waals surface area contributed by atoms with Crippen LogP contribution in [0.1, 0.15) is 12.5 Å². The maximum Gasteiger partial charge on any atom is 0.264 e. The molecule has 3 aromatic rings. The molecule has 0 aliphatic rings. The van der Waals surface area contributed by atoms with Crippen molar-refractivity contribution < 1.29 is 18.0 Å². The fourth-order valence-electron chi connectivity index (χ4n) is 3.52. The Morgan fingerprint density at radius 2 is 1.57 bits per heavy atom. The minimum atomic E-state index is -4.22. The van der Waals surface area contributed by atoms with E-state index >= 15 is 0 Å². The molecule has 0 aliphatic carbocycles. The number of carbonyl (C=O) groups is 2. The van der Waals surface area contributed by atoms with Gasteiger partial charge >= 0.3 is 0 Å². The standard InChI is InChI=1S/C25H23Cl4N3O4S/c1-16(25(34)30-2)31(14-17-6-11-22(28)23(29)12-17)24(33)15-32(20-5-3-4-19(27)13-20)37(35,36)21-9-7-18(26)8-10-21/h3-13,16H,14-15H2,1-2H3,(H,30,34). The molecule has 0 saturated carbocycles. The van der Waals surface area contributed by atoms with Crippen LogP contribution in [0.2, 0.25) is 20.1 Å². The molecule has 0 fully saturated rings. The van der Waals surface area contributed by atoms with Crippen LogP contribution in [0.3, 0.4) is 0 Å². The van der Waals surface area contributed by atoms with E-state index in [9.17, 15) is 18.0 Å². The second-order valence-corrected chi connectivity index (χ2v) is 11.6. The van der Waals surface area contributed by atoms with E-state index in [2.05, 4.69) is 5.32 Å². The van der Waals surface area contributed by atoms with Gasteiger partial charge in [0.05, 0.1) is 20.6 Å². The summed E-state index contributed by atoms with van der Waals surface area (Å²) in [5.74, 6) is -1.05. The number of nitrogens with zero attached hydrogens (tertiary/aromatic N) is 2. The monoisotopic (exact) mass is 601 g/mol. The maximum atomic E-state index is 13.7. The second-order valence-electron chi connectivity index (χ2n) is 8.01. The van der Waals surface area contributed by atoms with E-state index in [0.717, 1.165) is 4.31 Å². The van der Waals surface area contributed by atoms with Gasteiger partial charge in [0.15, 0.2) is 0 Å². The third kappa shape index (κ3) is 7.09. The van der Waals surface area contributed by atoms with Crippen LogP contribution in [0.4, 0.5) is 5.69 Å². The van der Waals surface area contributed by atoms with Crippen LogP contribution in [-0.2, 0) is 26.2 Å². The summed E-state index contributed by atoms with van der Waals surface area (Å²) in [4.78, 5) is 27.4. The molecule has 1 N–H and O–H groups in total. The Hall–Kier alpha value is -2.49. The van der Waals surface area contributed by atoms with Gasteiger partial charge in [0, 0.05) is 23.6 Å². The van der Waals surface area contributed by atoms with Gasteiger partial charge in [-0.2, -0.15) is 0 Å². The number of halogens is 4. The average Bonchev–Trinajstić information content (AvgIpc) is 2.87. The van der Waals surface area contributed by atoms with Crippen LogP contribution in [0.15, 0.2) is 71.6 Å². The van der Waals surface area contributed by atoms with E-state index in [0.29, 0.717) is 15.6 Å². The van der Waals surface area contributed by atoms with Gasteiger partial charge in [-0.1, -0.05) is 58.5 Å². The number of amides is 2. The minimum absolute atomic E-state index is 0.0192. The highest BCUT2D eigenvalue weighted by Gasteiger charge is 2.32. The quantitative estimate of drug-likeness (QED) is 0.342. The van der Waals surface area contributed by atoms with Crippen molar-refractivity contribution >= 4 is 73.9 Å². The number of hydrogen-bond donors (Lipinski definition) is 1. The lowest BCUT2D eigenvalue weighted by atomic mass is 10.1. The molecular weight excluding hydrogens is 580 g/mol. The first-order valence-electron chi connectivity index (χ1n) is 10.9. The van der Waals surface area contributed by atoms with Crippen molar-refractivity contribution in [2.24, 2.45) is 0 Å². The van der Waals surface area contributed by atoms with Gasteiger partial charge in [-0.25, -0.2) is 8.42 Å². The largest absolute Gasteiger partial charge is 0.357 e. The van der Waals surface area contributed by atoms with Crippen molar-refractivity contribution in [3.63, 3.8) is 0 Å². The van der Waals surface area contributed by atoms with Crippen molar-refractivity contribution in [2.75, 3.05) is 17.9 Å². The lowest BCUT2D eigenvalue weighted by molar-refractivity contribution is -0.139. The van der Waals surface area contributed by atoms with Gasteiger partial charge in [-0.3, -0.25) is 13.9 Å². The Bertz CT molecular complexity index is 1400. The number of hydrogen-bond acceptors (Lipinski definition) is 4. The first-order valence-corrected chi connectivity index (χ1v) is 13.9. The predicted octanol–water partition coefficient (Wildman–Crippen LogP) is 5.66. The molecule has 0 saturated heterocycles. The Balaban J connectivity index is 2.04. The molecule has 0 spiro atoms. The Morgan fingerprint density at radius 1 is 0.892 bits per heavy atom. The lowest BCUT2D eigenvalue weighted by Crippen LogP contribution is -2.50. The molecule has 7 nitrogen and oxygen atoms in total. The van der Waals surface area contributed by atoms with Crippen molar-refractivity contribution in [3.8, 4) is 0 Å². The molecule has 196 valence electrons. The first kappa shape index (κ1) is 29.1. The van der Waals surface area contributed by atoms with Crippen LogP contribution in [0.5, 0.6) is 0 Å². The smallest absolute Gasteiger partial charge is 0.264 e. The second kappa shape index (κ2) is 12.4. The molecule has 37 heavy (non-hydrogen) atoms. The lowest BCUT2D eigenvalue weighted by Gasteiger charge is -2.32. The number of anilines is 1. The van der Waals surface area contributed by atoms with Crippen LogP contribution in [0.25, 0.3) is 0 Å². The Labute approximate surface area is 235 Å². The zero-order valence-corrected chi connectivity index (χ0v) is 23.6. The zero-order valence-electron chi connectivity index (χ0n) is 19.8. The number of sulfonamides is 1. The van der Waals surface area contributed by atoms with Crippen molar-refractivity contribution in [2.45, 2.75) is 24.4 Å². The van der Waals surface area contributed by atoms with Crippen LogP contribution < -0.4 is 9.62 Å². The van der Waals surface area contributed by atoms with E-state index in [4.69, 9.17) is 46.4 Å². The van der Waals surface area contributed by atoms with Crippen molar-refractivity contribution in [1.29, 1.82) is 0 Å². The van der Waals surface area contributed by atoms with Crippen molar-refractivity contribution in [1.82, 2.24) is 10.2 Å². The number of likely N-dealkylation sites (N-methyl/N-ethyl adjacent to an activating group) is 1. The Kier molecular flexibility index (Phi) is 9.72. The predicted molar refractivity (Wildman–Crippen MR) is 148 cm³/mol. The summed E-state index contributed by atoms with van der Waals surface area (Å²) in [5, 5.41) is 3.78. The Morgan fingerprint density at radius 3 is 2.16 bits per heavy atom. The third-order valence-electron chi connectivity index (χ3n) is 5.53. The molecule has 1 atom stereocenters. The summed E-state index contributed by atoms with van der Waals surface area (Å²) in [6.45, 7) is 0.925. The summed E-state index contributed by atoms with van der Waals surface area (Å²) in [5.41, 5.74) is 0.784. The minimum Gasteiger partial charge on any atom is -0.357 e. The van der Waals surface area contributed by atoms with Gasteiger partial charge in [0.25, 0.3) is 10.0 Å². The van der Waals surface area contributed by atoms with Gasteiger partial charge in [-0.05, 0) is 67.1 Å². The van der Waals surface area contributed by atoms with E-state index in [1.165, 1.54) is 48.3 Å². The molecule has 1 unspecified atom stereocenters. The topological polar surface area (TPSA) is 86.8 Å².